The molecule has 2 unspecified atom stereocenters. The number of aliphatic imine (C=N–C) groups is 1. The molecule has 9 heteroatoms. The van der Waals surface area contributed by atoms with Gasteiger partial charge in [-0.1, -0.05) is 12.5 Å². The van der Waals surface area contributed by atoms with Crippen LogP contribution in [0.4, 0.5) is 17.6 Å². The highest BCUT2D eigenvalue weighted by Gasteiger charge is 2.42. The van der Waals surface area contributed by atoms with Gasteiger partial charge in [-0.25, -0.2) is 9.38 Å². The largest absolute Gasteiger partial charge is 0.391 e. The lowest BCUT2D eigenvalue weighted by Gasteiger charge is -2.31. The van der Waals surface area contributed by atoms with E-state index in [0.717, 1.165) is 5.56 Å². The highest BCUT2D eigenvalue weighted by molar-refractivity contribution is 14.0. The molecule has 4 nitrogen and oxygen atoms in total. The topological polar surface area (TPSA) is 39.7 Å². The van der Waals surface area contributed by atoms with Crippen molar-refractivity contribution in [1.29, 1.82) is 0 Å². The van der Waals surface area contributed by atoms with Crippen molar-refractivity contribution in [2.75, 3.05) is 20.6 Å². The number of alkyl halides is 3. The first-order valence-corrected chi connectivity index (χ1v) is 9.72. The number of hydrogen-bond acceptors (Lipinski definition) is 2. The molecule has 0 saturated heterocycles. The summed E-state index contributed by atoms with van der Waals surface area (Å²) in [7, 11) is 3.74. The van der Waals surface area contributed by atoms with Crippen LogP contribution in [0.25, 0.3) is 0 Å². The van der Waals surface area contributed by atoms with Gasteiger partial charge >= 0.3 is 6.18 Å². The van der Waals surface area contributed by atoms with E-state index in [0.29, 0.717) is 44.0 Å². The zero-order chi connectivity index (χ0) is 20.7. The van der Waals surface area contributed by atoms with E-state index in [4.69, 9.17) is 0 Å². The standard InChI is InChI=1S/C20H30F4N4.HI/c1-4-25-19(27-17-7-5-6-16(11-17)20(22,23)24)26-12-14-8-9-18(21)15(10-14)13-28(2)3;/h8-10,16-17H,4-7,11-13H2,1-3H3,(H2,25,26,27);1H. The fourth-order valence-electron chi connectivity index (χ4n) is 3.49. The van der Waals surface area contributed by atoms with E-state index in [1.807, 2.05) is 25.9 Å². The van der Waals surface area contributed by atoms with E-state index in [-0.39, 0.29) is 48.7 Å². The quantitative estimate of drug-likeness (QED) is 0.243. The van der Waals surface area contributed by atoms with Crippen LogP contribution < -0.4 is 10.6 Å². The van der Waals surface area contributed by atoms with Gasteiger partial charge in [-0.2, -0.15) is 13.2 Å². The first-order chi connectivity index (χ1) is 13.2. The second-order valence-corrected chi connectivity index (χ2v) is 7.61. The monoisotopic (exact) mass is 530 g/mol. The Morgan fingerprint density at radius 1 is 1.24 bits per heavy atom. The van der Waals surface area contributed by atoms with Crippen molar-refractivity contribution in [2.45, 2.75) is 57.9 Å². The summed E-state index contributed by atoms with van der Waals surface area (Å²) in [5.74, 6) is -1.02. The third-order valence-electron chi connectivity index (χ3n) is 4.84. The van der Waals surface area contributed by atoms with Gasteiger partial charge in [0.1, 0.15) is 5.82 Å². The van der Waals surface area contributed by atoms with E-state index in [1.54, 1.807) is 12.1 Å². The average Bonchev–Trinajstić information content (AvgIpc) is 2.61. The molecule has 2 N–H and O–H groups in total. The lowest BCUT2D eigenvalue weighted by Crippen LogP contribution is -2.46. The highest BCUT2D eigenvalue weighted by Crippen LogP contribution is 2.37. The van der Waals surface area contributed by atoms with Gasteiger partial charge in [0.05, 0.1) is 12.5 Å². The zero-order valence-corrected chi connectivity index (χ0v) is 19.5. The van der Waals surface area contributed by atoms with Gasteiger partial charge in [-0.15, -0.1) is 24.0 Å². The number of rotatable bonds is 6. The van der Waals surface area contributed by atoms with E-state index in [2.05, 4.69) is 15.6 Å². The Labute approximate surface area is 187 Å². The molecule has 0 aliphatic heterocycles. The molecule has 1 fully saturated rings. The van der Waals surface area contributed by atoms with Crippen LogP contribution >= 0.6 is 24.0 Å². The Morgan fingerprint density at radius 2 is 1.97 bits per heavy atom. The van der Waals surface area contributed by atoms with Crippen LogP contribution in [0, 0.1) is 11.7 Å². The molecule has 0 heterocycles. The second kappa shape index (κ2) is 11.9. The van der Waals surface area contributed by atoms with Crippen molar-refractivity contribution in [3.63, 3.8) is 0 Å². The minimum Gasteiger partial charge on any atom is -0.357 e. The van der Waals surface area contributed by atoms with Crippen molar-refractivity contribution >= 4 is 29.9 Å². The van der Waals surface area contributed by atoms with Gasteiger partial charge in [-0.05, 0) is 58.0 Å². The van der Waals surface area contributed by atoms with Crippen LogP contribution in [0.5, 0.6) is 0 Å². The molecule has 2 rings (SSSR count). The number of halogens is 5. The van der Waals surface area contributed by atoms with E-state index >= 15 is 0 Å². The molecular formula is C20H31F4IN4. The lowest BCUT2D eigenvalue weighted by molar-refractivity contribution is -0.183. The van der Waals surface area contributed by atoms with Crippen LogP contribution in [-0.4, -0.2) is 43.7 Å². The van der Waals surface area contributed by atoms with E-state index in [9.17, 15) is 17.6 Å². The molecule has 166 valence electrons. The number of hydrogen-bond donors (Lipinski definition) is 2. The van der Waals surface area contributed by atoms with Gasteiger partial charge in [0.15, 0.2) is 5.96 Å². The van der Waals surface area contributed by atoms with E-state index in [1.165, 1.54) is 6.07 Å². The normalized spacial score (nSPS) is 20.3. The molecule has 2 atom stereocenters. The summed E-state index contributed by atoms with van der Waals surface area (Å²) in [6, 6.07) is 4.64. The third-order valence-corrected chi connectivity index (χ3v) is 4.84. The van der Waals surface area contributed by atoms with Gasteiger partial charge in [0.25, 0.3) is 0 Å². The Balaban J connectivity index is 0.00000420. The lowest BCUT2D eigenvalue weighted by atomic mass is 9.85. The molecule has 0 spiro atoms. The minimum absolute atomic E-state index is 0. The Hall–Kier alpha value is -1.10. The number of nitrogens with one attached hydrogen (secondary N) is 2. The van der Waals surface area contributed by atoms with Crippen molar-refractivity contribution < 1.29 is 17.6 Å². The molecule has 1 aliphatic carbocycles. The Morgan fingerprint density at radius 3 is 2.59 bits per heavy atom. The van der Waals surface area contributed by atoms with Crippen LogP contribution in [0.15, 0.2) is 23.2 Å². The first kappa shape index (κ1) is 25.9. The molecule has 29 heavy (non-hydrogen) atoms. The average molecular weight is 530 g/mol. The SMILES string of the molecule is CCNC(=NCc1ccc(F)c(CN(C)C)c1)NC1CCCC(C(F)(F)F)C1.I. The van der Waals surface area contributed by atoms with E-state index < -0.39 is 12.1 Å². The first-order valence-electron chi connectivity index (χ1n) is 9.72. The molecular weight excluding hydrogens is 499 g/mol. The maximum Gasteiger partial charge on any atom is 0.391 e. The fraction of sp³-hybridized carbons (Fsp3) is 0.650. The molecule has 0 radical (unpaired) electrons. The summed E-state index contributed by atoms with van der Waals surface area (Å²) in [5, 5.41) is 6.23. The van der Waals surface area contributed by atoms with Crippen LogP contribution in [0.2, 0.25) is 0 Å². The molecule has 1 aromatic carbocycles. The number of nitrogens with zero attached hydrogens (tertiary/aromatic N) is 2. The summed E-state index contributed by atoms with van der Waals surface area (Å²) in [4.78, 5) is 6.38. The minimum atomic E-state index is -4.15. The zero-order valence-electron chi connectivity index (χ0n) is 17.2. The number of benzene rings is 1. The predicted octanol–water partition coefficient (Wildman–Crippen LogP) is 4.68. The van der Waals surface area contributed by atoms with Gasteiger partial charge < -0.3 is 15.5 Å². The van der Waals surface area contributed by atoms with Gasteiger partial charge in [-0.3, -0.25) is 0 Å². The molecule has 1 aliphatic rings. The maximum atomic E-state index is 13.9. The summed E-state index contributed by atoms with van der Waals surface area (Å²) in [5.41, 5.74) is 1.45. The summed E-state index contributed by atoms with van der Waals surface area (Å²) in [6.07, 6.45) is -2.64. The summed E-state index contributed by atoms with van der Waals surface area (Å²) in [6.45, 7) is 3.33. The summed E-state index contributed by atoms with van der Waals surface area (Å²) < 4.78 is 53.0. The molecule has 0 bridgehead atoms. The van der Waals surface area contributed by atoms with Crippen LogP contribution in [0.3, 0.4) is 0 Å². The van der Waals surface area contributed by atoms with Gasteiger partial charge in [0, 0.05) is 24.7 Å². The predicted molar refractivity (Wildman–Crippen MR) is 119 cm³/mol. The third kappa shape index (κ3) is 8.65. The Bertz CT molecular complexity index is 664. The molecule has 1 aromatic rings. The van der Waals surface area contributed by atoms with Crippen LogP contribution in [0.1, 0.15) is 43.7 Å². The maximum absolute atomic E-state index is 13.9. The fourth-order valence-corrected chi connectivity index (χ4v) is 3.49. The van der Waals surface area contributed by atoms with Crippen molar-refractivity contribution in [2.24, 2.45) is 10.9 Å². The van der Waals surface area contributed by atoms with Crippen molar-refractivity contribution in [3.8, 4) is 0 Å². The van der Waals surface area contributed by atoms with Crippen molar-refractivity contribution in [1.82, 2.24) is 15.5 Å². The van der Waals surface area contributed by atoms with Gasteiger partial charge in [0.2, 0.25) is 0 Å². The summed E-state index contributed by atoms with van der Waals surface area (Å²) >= 11 is 0. The molecule has 0 aromatic heterocycles. The molecule has 0 amide bonds. The van der Waals surface area contributed by atoms with Crippen LogP contribution in [-0.2, 0) is 13.1 Å². The molecule has 1 saturated carbocycles. The second-order valence-electron chi connectivity index (χ2n) is 7.61. The van der Waals surface area contributed by atoms with Crippen molar-refractivity contribution in [3.05, 3.63) is 35.1 Å². The number of guanidine groups is 1. The highest BCUT2D eigenvalue weighted by atomic mass is 127. The Kier molecular flexibility index (Phi) is 10.7. The smallest absolute Gasteiger partial charge is 0.357 e.